The minimum atomic E-state index is 0. The molecule has 0 unspecified atom stereocenters. The molecule has 0 saturated carbocycles. The normalized spacial score (nSPS) is 0.750. The molecular formula is CH4STiV. The first-order valence-electron chi connectivity index (χ1n) is 0.204. The first-order chi connectivity index (χ1) is 1.00. The van der Waals surface area contributed by atoms with Crippen molar-refractivity contribution in [3.8, 4) is 0 Å². The van der Waals surface area contributed by atoms with Crippen LogP contribution >= 0.6 is 9.70 Å². The van der Waals surface area contributed by atoms with Crippen LogP contribution < -0.4 is 0 Å². The Morgan fingerprint density at radius 3 is 1.25 bits per heavy atom. The topological polar surface area (TPSA) is 0 Å². The molecule has 4 heavy (non-hydrogen) atoms. The van der Waals surface area contributed by atoms with E-state index in [9.17, 15) is 0 Å². The Labute approximate surface area is 54.0 Å². The van der Waals surface area contributed by atoms with Gasteiger partial charge in [-0.25, -0.2) is 0 Å². The van der Waals surface area contributed by atoms with Crippen LogP contribution in [0.4, 0.5) is 0 Å². The average molecular weight is 147 g/mol. The summed E-state index contributed by atoms with van der Waals surface area (Å²) < 4.78 is 0. The van der Waals surface area contributed by atoms with E-state index in [0.29, 0.717) is 0 Å². The summed E-state index contributed by atoms with van der Waals surface area (Å²) in [6.07, 6.45) is 0. The molecule has 0 amide bonds. The van der Waals surface area contributed by atoms with Crippen LogP contribution in [0.3, 0.4) is 0 Å². The number of hydrogen-bond donors (Lipinski definition) is 0. The van der Waals surface area contributed by atoms with Gasteiger partial charge in [0.15, 0.2) is 0 Å². The van der Waals surface area contributed by atoms with Gasteiger partial charge in [0.1, 0.15) is 0 Å². The van der Waals surface area contributed by atoms with E-state index >= 15 is 0 Å². The van der Waals surface area contributed by atoms with Crippen molar-refractivity contribution < 1.29 is 37.1 Å². The van der Waals surface area contributed by atoms with Gasteiger partial charge < -0.3 is 0 Å². The van der Waals surface area contributed by atoms with E-state index in [2.05, 4.69) is 9.70 Å². The third-order valence-electron chi connectivity index (χ3n) is 0. The van der Waals surface area contributed by atoms with Crippen LogP contribution in [-0.2, 0) is 37.1 Å². The minimum absolute atomic E-state index is 0. The second-order valence-electron chi connectivity index (χ2n) is 0. The van der Waals surface area contributed by atoms with Crippen LogP contribution in [0.1, 0.15) is 7.43 Å². The minimum Gasteiger partial charge on any atom is 0 e. The fraction of sp³-hybridized carbons (Fsp3) is 1.00. The molecule has 0 aromatic rings. The monoisotopic (exact) mass is 147 g/mol. The summed E-state index contributed by atoms with van der Waals surface area (Å²) in [5.74, 6) is 0. The molecule has 0 fully saturated rings. The average Bonchev–Trinajstić information content (AvgIpc) is 1.00. The summed E-state index contributed by atoms with van der Waals surface area (Å²) in [7, 11) is 4.08. The number of rotatable bonds is 0. The Balaban J connectivity index is -0.00000000500. The second-order valence-corrected chi connectivity index (χ2v) is 0. The molecule has 0 aliphatic heterocycles. The zero-order valence-corrected chi connectivity index (χ0v) is 5.13. The van der Waals surface area contributed by atoms with Crippen molar-refractivity contribution in [2.24, 2.45) is 0 Å². The zero-order valence-electron chi connectivity index (χ0n) is 1.36. The summed E-state index contributed by atoms with van der Waals surface area (Å²) in [6.45, 7) is 0. The fourth-order valence-corrected chi connectivity index (χ4v) is 0. The molecule has 0 rings (SSSR count). The summed E-state index contributed by atoms with van der Waals surface area (Å²) in [4.78, 5) is 0. The molecule has 0 spiro atoms. The molecule has 0 aliphatic rings. The Bertz CT molecular complexity index is 8.00. The van der Waals surface area contributed by atoms with Crippen molar-refractivity contribution >= 4 is 9.70 Å². The van der Waals surface area contributed by atoms with E-state index in [-0.39, 0.29) is 26.0 Å². The van der Waals surface area contributed by atoms with Gasteiger partial charge in [-0.15, -0.1) is 0 Å². The largest absolute Gasteiger partial charge is 0 e. The number of hydrogen-bond acceptors (Lipinski definition) is 1. The predicted molar refractivity (Wildman–Crippen MR) is 14.3 cm³/mol. The molecule has 3 heteroatoms. The van der Waals surface area contributed by atoms with Crippen LogP contribution in [0.5, 0.6) is 0 Å². The van der Waals surface area contributed by atoms with Crippen LogP contribution in [0.2, 0.25) is 0 Å². The Hall–Kier alpha value is 1.52. The van der Waals surface area contributed by atoms with Gasteiger partial charge >= 0.3 is 28.3 Å². The van der Waals surface area contributed by atoms with Crippen molar-refractivity contribution in [1.29, 1.82) is 0 Å². The van der Waals surface area contributed by atoms with Crippen LogP contribution in [0.15, 0.2) is 0 Å². The third-order valence-corrected chi connectivity index (χ3v) is 0. The van der Waals surface area contributed by atoms with E-state index in [1.807, 2.05) is 0 Å². The molecule has 0 aromatic carbocycles. The quantitative estimate of drug-likeness (QED) is 0.465. The van der Waals surface area contributed by atoms with Gasteiger partial charge in [-0.3, -0.25) is 0 Å². The molecule has 0 aliphatic carbocycles. The van der Waals surface area contributed by atoms with Gasteiger partial charge in [0.05, 0.1) is 0 Å². The maximum Gasteiger partial charge on any atom is 0 e. The molecule has 23 valence electrons. The van der Waals surface area contributed by atoms with E-state index < -0.39 is 0 Å². The molecular weight excluding hydrogens is 143 g/mol. The van der Waals surface area contributed by atoms with Crippen molar-refractivity contribution in [2.75, 3.05) is 0 Å². The second kappa shape index (κ2) is 24.3. The van der Waals surface area contributed by atoms with Gasteiger partial charge in [-0.2, -0.15) is 0 Å². The van der Waals surface area contributed by atoms with Crippen molar-refractivity contribution in [1.82, 2.24) is 0 Å². The van der Waals surface area contributed by atoms with E-state index in [1.165, 1.54) is 0 Å². The van der Waals surface area contributed by atoms with Crippen LogP contribution in [0.25, 0.3) is 0 Å². The van der Waals surface area contributed by atoms with Gasteiger partial charge in [-0.05, 0) is 0 Å². The molecule has 0 N–H and O–H groups in total. The third kappa shape index (κ3) is 9.68. The van der Waals surface area contributed by atoms with Gasteiger partial charge in [-0.1, -0.05) is 7.43 Å². The summed E-state index contributed by atoms with van der Waals surface area (Å²) in [5.41, 5.74) is 0. The van der Waals surface area contributed by atoms with Gasteiger partial charge in [0.2, 0.25) is 0 Å². The Morgan fingerprint density at radius 1 is 1.25 bits per heavy atom. The standard InChI is InChI=1S/CH4.S.Ti.V/h1H4;;;. The Morgan fingerprint density at radius 2 is 1.25 bits per heavy atom. The molecule has 0 saturated heterocycles. The first-order valence-corrected chi connectivity index (χ1v) is 2.52. The molecule has 0 bridgehead atoms. The molecule has 0 nitrogen and oxygen atoms in total. The van der Waals surface area contributed by atoms with E-state index in [4.69, 9.17) is 0 Å². The summed E-state index contributed by atoms with van der Waals surface area (Å²) in [6, 6.07) is 0. The first kappa shape index (κ1) is 17.8. The molecule has 0 heterocycles. The molecule has 0 atom stereocenters. The van der Waals surface area contributed by atoms with Crippen molar-refractivity contribution in [3.05, 3.63) is 0 Å². The van der Waals surface area contributed by atoms with Gasteiger partial charge in [0, 0.05) is 18.6 Å². The fourth-order valence-electron chi connectivity index (χ4n) is 0. The van der Waals surface area contributed by atoms with Crippen molar-refractivity contribution in [2.45, 2.75) is 7.43 Å². The zero-order chi connectivity index (χ0) is 2.00. The maximum atomic E-state index is 4.08. The van der Waals surface area contributed by atoms with Gasteiger partial charge in [0.25, 0.3) is 0 Å². The van der Waals surface area contributed by atoms with Crippen LogP contribution in [0, 0.1) is 0 Å². The van der Waals surface area contributed by atoms with E-state index in [1.54, 1.807) is 18.6 Å². The predicted octanol–water partition coefficient (Wildman–Crippen LogP) is 1.28. The smallest absolute Gasteiger partial charge is 0 e. The van der Waals surface area contributed by atoms with E-state index in [0.717, 1.165) is 0 Å². The SMILES string of the molecule is C.[S]=[Ti].[V]. The van der Waals surface area contributed by atoms with Crippen LogP contribution in [-0.4, -0.2) is 0 Å². The summed E-state index contributed by atoms with van der Waals surface area (Å²) >= 11 is 1.58. The molecule has 0 aromatic heterocycles. The van der Waals surface area contributed by atoms with Crippen molar-refractivity contribution in [3.63, 3.8) is 0 Å². The summed E-state index contributed by atoms with van der Waals surface area (Å²) in [5, 5.41) is 0. The Kier molecular flexibility index (Phi) is 108. The molecule has 1 radical (unpaired) electrons. The maximum absolute atomic E-state index is 4.08.